The summed E-state index contributed by atoms with van der Waals surface area (Å²) in [7, 11) is 0. The number of ether oxygens (including phenoxy) is 1. The number of carbonyl (C=O) groups excluding carboxylic acids is 3. The number of amidine groups is 1. The standard InChI is InChI=1S/C23H21ClN4O4S/c1-14-13-33-22(25-14)28(16-8-6-15(24)7-9-16)19(29)12-27-20(30)23(26-21(27)31)10-11-32-18-5-3-2-4-17(18)23/h2-9,14H,10-13H2,1H3,(H,26,31)/t14-,23-/m0/s1. The fourth-order valence-corrected chi connectivity index (χ4v) is 5.43. The number of nitrogens with one attached hydrogen (secondary N) is 1. The zero-order valence-electron chi connectivity index (χ0n) is 17.8. The van der Waals surface area contributed by atoms with E-state index in [1.54, 1.807) is 42.5 Å². The first-order chi connectivity index (χ1) is 15.9. The molecule has 1 saturated heterocycles. The third-order valence-electron chi connectivity index (χ3n) is 5.86. The van der Waals surface area contributed by atoms with Crippen LogP contribution >= 0.6 is 23.4 Å². The van der Waals surface area contributed by atoms with E-state index in [0.29, 0.717) is 33.6 Å². The van der Waals surface area contributed by atoms with Crippen LogP contribution in [-0.4, -0.2) is 52.9 Å². The van der Waals surface area contributed by atoms with Gasteiger partial charge < -0.3 is 10.1 Å². The summed E-state index contributed by atoms with van der Waals surface area (Å²) in [4.78, 5) is 46.9. The fourth-order valence-electron chi connectivity index (χ4n) is 4.25. The lowest BCUT2D eigenvalue weighted by Gasteiger charge is -2.33. The van der Waals surface area contributed by atoms with E-state index >= 15 is 0 Å². The molecule has 8 nitrogen and oxygen atoms in total. The molecule has 0 aromatic heterocycles. The molecule has 1 spiro atoms. The van der Waals surface area contributed by atoms with E-state index in [1.165, 1.54) is 16.7 Å². The number of amides is 4. The second-order valence-corrected chi connectivity index (χ2v) is 9.52. The number of halogens is 1. The van der Waals surface area contributed by atoms with E-state index < -0.39 is 29.9 Å². The Morgan fingerprint density at radius 3 is 2.76 bits per heavy atom. The molecule has 10 heteroatoms. The topological polar surface area (TPSA) is 91.3 Å². The first-order valence-corrected chi connectivity index (χ1v) is 11.9. The van der Waals surface area contributed by atoms with Gasteiger partial charge in [0.2, 0.25) is 0 Å². The summed E-state index contributed by atoms with van der Waals surface area (Å²) < 4.78 is 5.67. The summed E-state index contributed by atoms with van der Waals surface area (Å²) in [5.74, 6) is 0.412. The number of imide groups is 1. The molecule has 2 atom stereocenters. The number of anilines is 1. The van der Waals surface area contributed by atoms with Gasteiger partial charge in [-0.15, -0.1) is 0 Å². The highest BCUT2D eigenvalue weighted by Crippen LogP contribution is 2.41. The van der Waals surface area contributed by atoms with E-state index in [-0.39, 0.29) is 12.6 Å². The molecule has 4 amide bonds. The van der Waals surface area contributed by atoms with Crippen molar-refractivity contribution in [3.63, 3.8) is 0 Å². The van der Waals surface area contributed by atoms with Crippen LogP contribution in [0.1, 0.15) is 18.9 Å². The number of hydrogen-bond acceptors (Lipinski definition) is 6. The number of rotatable bonds is 3. The minimum Gasteiger partial charge on any atom is -0.493 e. The summed E-state index contributed by atoms with van der Waals surface area (Å²) in [6.07, 6.45) is 0.292. The maximum absolute atomic E-state index is 13.5. The van der Waals surface area contributed by atoms with Gasteiger partial charge in [-0.2, -0.15) is 0 Å². The minimum atomic E-state index is -1.23. The van der Waals surface area contributed by atoms with Gasteiger partial charge in [0.15, 0.2) is 10.7 Å². The van der Waals surface area contributed by atoms with Crippen LogP contribution in [0.25, 0.3) is 0 Å². The summed E-state index contributed by atoms with van der Waals surface area (Å²) in [5, 5.41) is 3.90. The molecule has 0 saturated carbocycles. The third-order valence-corrected chi connectivity index (χ3v) is 7.31. The van der Waals surface area contributed by atoms with E-state index in [2.05, 4.69) is 10.3 Å². The Morgan fingerprint density at radius 2 is 2.03 bits per heavy atom. The highest BCUT2D eigenvalue weighted by Gasteiger charge is 2.55. The van der Waals surface area contributed by atoms with Crippen LogP contribution in [0, 0.1) is 0 Å². The molecule has 0 aliphatic carbocycles. The Bertz CT molecular complexity index is 1170. The zero-order valence-corrected chi connectivity index (χ0v) is 19.4. The van der Waals surface area contributed by atoms with E-state index in [0.717, 1.165) is 10.7 Å². The van der Waals surface area contributed by atoms with Crippen molar-refractivity contribution < 1.29 is 19.1 Å². The highest BCUT2D eigenvalue weighted by molar-refractivity contribution is 8.14. The maximum atomic E-state index is 13.5. The Balaban J connectivity index is 1.45. The van der Waals surface area contributed by atoms with Gasteiger partial charge in [0.1, 0.15) is 12.3 Å². The average molecular weight is 485 g/mol. The first-order valence-electron chi connectivity index (χ1n) is 10.5. The zero-order chi connectivity index (χ0) is 23.2. The van der Waals surface area contributed by atoms with Crippen molar-refractivity contribution in [2.75, 3.05) is 23.8 Å². The molecular formula is C23H21ClN4O4S. The number of aliphatic imine (C=N–C) groups is 1. The fraction of sp³-hybridized carbons (Fsp3) is 0.304. The van der Waals surface area contributed by atoms with Crippen molar-refractivity contribution in [1.29, 1.82) is 0 Å². The number of thioether (sulfide) groups is 1. The Labute approximate surface area is 199 Å². The van der Waals surface area contributed by atoms with Crippen molar-refractivity contribution in [2.45, 2.75) is 24.9 Å². The summed E-state index contributed by atoms with van der Waals surface area (Å²) in [5.41, 5.74) is -0.0579. The number of para-hydroxylation sites is 1. The molecule has 3 aliphatic heterocycles. The van der Waals surface area contributed by atoms with Crippen molar-refractivity contribution >= 4 is 52.1 Å². The van der Waals surface area contributed by atoms with Gasteiger partial charge in [0.05, 0.1) is 18.3 Å². The number of benzene rings is 2. The number of fused-ring (bicyclic) bond motifs is 2. The Morgan fingerprint density at radius 1 is 1.27 bits per heavy atom. The van der Waals surface area contributed by atoms with E-state index in [9.17, 15) is 14.4 Å². The molecule has 1 N–H and O–H groups in total. The quantitative estimate of drug-likeness (QED) is 0.674. The van der Waals surface area contributed by atoms with Crippen molar-refractivity contribution in [3.8, 4) is 5.75 Å². The molecule has 2 aromatic carbocycles. The summed E-state index contributed by atoms with van der Waals surface area (Å²) in [6, 6.07) is 13.4. The second-order valence-electron chi connectivity index (χ2n) is 8.10. The van der Waals surface area contributed by atoms with Crippen LogP contribution in [-0.2, 0) is 15.1 Å². The van der Waals surface area contributed by atoms with E-state index in [4.69, 9.17) is 16.3 Å². The molecule has 3 heterocycles. The van der Waals surface area contributed by atoms with Gasteiger partial charge in [0.25, 0.3) is 11.8 Å². The molecule has 0 bridgehead atoms. The lowest BCUT2D eigenvalue weighted by atomic mass is 9.84. The molecule has 33 heavy (non-hydrogen) atoms. The average Bonchev–Trinajstić information content (AvgIpc) is 3.32. The van der Waals surface area contributed by atoms with E-state index in [1.807, 2.05) is 13.0 Å². The molecule has 5 rings (SSSR count). The van der Waals surface area contributed by atoms with Crippen LogP contribution in [0.15, 0.2) is 53.5 Å². The molecule has 0 radical (unpaired) electrons. The van der Waals surface area contributed by atoms with Crippen LogP contribution in [0.2, 0.25) is 5.02 Å². The Kier molecular flexibility index (Phi) is 5.54. The number of urea groups is 1. The van der Waals surface area contributed by atoms with Gasteiger partial charge in [-0.3, -0.25) is 24.4 Å². The lowest BCUT2D eigenvalue weighted by molar-refractivity contribution is -0.135. The molecule has 170 valence electrons. The van der Waals surface area contributed by atoms with Crippen LogP contribution < -0.4 is 15.0 Å². The predicted molar refractivity (Wildman–Crippen MR) is 127 cm³/mol. The largest absolute Gasteiger partial charge is 0.493 e. The number of carbonyl (C=O) groups is 3. The van der Waals surface area contributed by atoms with Gasteiger partial charge in [0, 0.05) is 22.8 Å². The van der Waals surface area contributed by atoms with Gasteiger partial charge >= 0.3 is 6.03 Å². The van der Waals surface area contributed by atoms with Crippen molar-refractivity contribution in [1.82, 2.24) is 10.2 Å². The van der Waals surface area contributed by atoms with Crippen molar-refractivity contribution in [3.05, 3.63) is 59.1 Å². The SMILES string of the molecule is C[C@H]1CSC(N(C(=O)CN2C(=O)N[C@]3(CCOc4ccccc43)C2=O)c2ccc(Cl)cc2)=N1. The normalized spacial score (nSPS) is 23.8. The van der Waals surface area contributed by atoms with Gasteiger partial charge in [-0.1, -0.05) is 41.6 Å². The van der Waals surface area contributed by atoms with Crippen molar-refractivity contribution in [2.24, 2.45) is 4.99 Å². The highest BCUT2D eigenvalue weighted by atomic mass is 35.5. The van der Waals surface area contributed by atoms with Crippen LogP contribution in [0.5, 0.6) is 5.75 Å². The van der Waals surface area contributed by atoms with Crippen LogP contribution in [0.4, 0.5) is 10.5 Å². The third kappa shape index (κ3) is 3.75. The smallest absolute Gasteiger partial charge is 0.325 e. The maximum Gasteiger partial charge on any atom is 0.325 e. The van der Waals surface area contributed by atoms with Crippen LogP contribution in [0.3, 0.4) is 0 Å². The summed E-state index contributed by atoms with van der Waals surface area (Å²) in [6.45, 7) is 1.84. The Hall–Kier alpha value is -3.04. The predicted octanol–water partition coefficient (Wildman–Crippen LogP) is 3.39. The molecule has 2 aromatic rings. The molecule has 1 fully saturated rings. The van der Waals surface area contributed by atoms with Gasteiger partial charge in [-0.25, -0.2) is 4.79 Å². The monoisotopic (exact) mass is 484 g/mol. The molecule has 3 aliphatic rings. The molecule has 0 unspecified atom stereocenters. The first kappa shape index (κ1) is 21.8. The van der Waals surface area contributed by atoms with Gasteiger partial charge in [-0.05, 0) is 37.3 Å². The number of nitrogens with zero attached hydrogens (tertiary/aromatic N) is 3. The minimum absolute atomic E-state index is 0.0614. The molecular weight excluding hydrogens is 464 g/mol. The summed E-state index contributed by atoms with van der Waals surface area (Å²) >= 11 is 7.48. The lowest BCUT2D eigenvalue weighted by Crippen LogP contribution is -2.48. The number of hydrogen-bond donors (Lipinski definition) is 1. The second kappa shape index (κ2) is 8.39.